The van der Waals surface area contributed by atoms with Crippen molar-refractivity contribution in [3.63, 3.8) is 0 Å². The molecule has 0 radical (unpaired) electrons. The summed E-state index contributed by atoms with van der Waals surface area (Å²) in [6, 6.07) is 0. The van der Waals surface area contributed by atoms with Gasteiger partial charge in [-0.05, 0) is 32.1 Å². The second-order valence-corrected chi connectivity index (χ2v) is 4.27. The molecule has 5 nitrogen and oxygen atoms in total. The molecule has 0 aliphatic carbocycles. The largest absolute Gasteiger partial charge is 0.328 e. The summed E-state index contributed by atoms with van der Waals surface area (Å²) < 4.78 is 1.72. The summed E-state index contributed by atoms with van der Waals surface area (Å²) in [6.45, 7) is 4.37. The lowest BCUT2D eigenvalue weighted by molar-refractivity contribution is -0.122. The van der Waals surface area contributed by atoms with Crippen LogP contribution >= 0.6 is 12.2 Å². The number of rotatable bonds is 2. The fourth-order valence-corrected chi connectivity index (χ4v) is 2.10. The Hall–Kier alpha value is -1.69. The van der Waals surface area contributed by atoms with Crippen LogP contribution in [0.1, 0.15) is 18.2 Å². The zero-order valence-electron chi connectivity index (χ0n) is 10.0. The molecule has 1 aliphatic heterocycles. The lowest BCUT2D eigenvalue weighted by atomic mass is 10.2. The molecule has 90 valence electrons. The monoisotopic (exact) mass is 250 g/mol. The first-order valence-corrected chi connectivity index (χ1v) is 5.78. The number of hydrogen-bond acceptors (Lipinski definition) is 3. The van der Waals surface area contributed by atoms with E-state index < -0.39 is 0 Å². The Morgan fingerprint density at radius 1 is 1.59 bits per heavy atom. The third kappa shape index (κ3) is 2.08. The Bertz CT molecular complexity index is 518. The molecule has 1 amide bonds. The van der Waals surface area contributed by atoms with Crippen LogP contribution in [0, 0.1) is 6.92 Å². The second-order valence-electron chi connectivity index (χ2n) is 3.88. The van der Waals surface area contributed by atoms with Crippen molar-refractivity contribution in [2.24, 2.45) is 7.05 Å². The number of carbonyl (C=O) groups is 1. The van der Waals surface area contributed by atoms with Crippen molar-refractivity contribution in [1.29, 1.82) is 0 Å². The average Bonchev–Trinajstić information content (AvgIpc) is 2.69. The van der Waals surface area contributed by atoms with E-state index >= 15 is 0 Å². The van der Waals surface area contributed by atoms with Crippen molar-refractivity contribution in [3.8, 4) is 0 Å². The van der Waals surface area contributed by atoms with Gasteiger partial charge in [-0.3, -0.25) is 14.4 Å². The number of aryl methyl sites for hydroxylation is 2. The Labute approximate surface area is 105 Å². The van der Waals surface area contributed by atoms with Gasteiger partial charge in [-0.1, -0.05) is 0 Å². The fourth-order valence-electron chi connectivity index (χ4n) is 1.77. The lowest BCUT2D eigenvalue weighted by Gasteiger charge is -2.08. The highest BCUT2D eigenvalue weighted by Crippen LogP contribution is 2.15. The molecule has 0 atom stereocenters. The van der Waals surface area contributed by atoms with E-state index in [1.165, 1.54) is 4.90 Å². The predicted molar refractivity (Wildman–Crippen MR) is 69.0 cm³/mol. The van der Waals surface area contributed by atoms with Gasteiger partial charge in [-0.15, -0.1) is 0 Å². The Kier molecular flexibility index (Phi) is 2.97. The number of likely N-dealkylation sites (N-methyl/N-ethyl adjacent to an activating group) is 1. The minimum Gasteiger partial charge on any atom is -0.328 e. The first-order chi connectivity index (χ1) is 8.02. The number of carbonyl (C=O) groups excluding carboxylic acids is 1. The normalized spacial score (nSPS) is 18.1. The molecule has 17 heavy (non-hydrogen) atoms. The fraction of sp³-hybridized carbons (Fsp3) is 0.364. The maximum Gasteiger partial charge on any atom is 0.276 e. The number of hydrogen-bond donors (Lipinski definition) is 1. The highest BCUT2D eigenvalue weighted by atomic mass is 32.1. The van der Waals surface area contributed by atoms with Gasteiger partial charge in [-0.25, -0.2) is 0 Å². The molecule has 0 bridgehead atoms. The van der Waals surface area contributed by atoms with E-state index in [-0.39, 0.29) is 5.91 Å². The van der Waals surface area contributed by atoms with Crippen molar-refractivity contribution in [3.05, 3.63) is 23.2 Å². The van der Waals surface area contributed by atoms with Crippen LogP contribution in [-0.2, 0) is 11.8 Å². The van der Waals surface area contributed by atoms with Crippen LogP contribution in [0.3, 0.4) is 0 Å². The molecular weight excluding hydrogens is 236 g/mol. The third-order valence-corrected chi connectivity index (χ3v) is 2.95. The minimum absolute atomic E-state index is 0.0826. The topological polar surface area (TPSA) is 50.2 Å². The molecule has 0 saturated carbocycles. The van der Waals surface area contributed by atoms with E-state index in [1.807, 2.05) is 27.1 Å². The number of amides is 1. The van der Waals surface area contributed by atoms with E-state index in [2.05, 4.69) is 10.4 Å². The van der Waals surface area contributed by atoms with Gasteiger partial charge in [0.2, 0.25) is 0 Å². The van der Waals surface area contributed by atoms with Crippen LogP contribution in [0.5, 0.6) is 0 Å². The molecule has 2 heterocycles. The van der Waals surface area contributed by atoms with Crippen molar-refractivity contribution in [1.82, 2.24) is 20.0 Å². The number of nitrogens with one attached hydrogen (secondary N) is 1. The van der Waals surface area contributed by atoms with Crippen molar-refractivity contribution in [2.75, 3.05) is 6.54 Å². The van der Waals surface area contributed by atoms with Crippen LogP contribution in [0.25, 0.3) is 6.08 Å². The molecule has 1 aromatic rings. The van der Waals surface area contributed by atoms with Crippen molar-refractivity contribution in [2.45, 2.75) is 13.8 Å². The average molecular weight is 250 g/mol. The van der Waals surface area contributed by atoms with E-state index in [1.54, 1.807) is 10.8 Å². The maximum atomic E-state index is 11.9. The Morgan fingerprint density at radius 2 is 2.29 bits per heavy atom. The molecule has 1 N–H and O–H groups in total. The summed E-state index contributed by atoms with van der Waals surface area (Å²) in [6.07, 6.45) is 3.65. The smallest absolute Gasteiger partial charge is 0.276 e. The first-order valence-electron chi connectivity index (χ1n) is 5.37. The van der Waals surface area contributed by atoms with Gasteiger partial charge in [0.05, 0.1) is 5.69 Å². The molecule has 1 fully saturated rings. The van der Waals surface area contributed by atoms with Gasteiger partial charge in [0.25, 0.3) is 5.91 Å². The molecule has 1 aromatic heterocycles. The SMILES string of the molecule is CCN1C(=O)/C(=C/c2cn(C)nc2C)NC1=S. The van der Waals surface area contributed by atoms with Gasteiger partial charge in [-0.2, -0.15) is 5.10 Å². The number of aromatic nitrogens is 2. The second kappa shape index (κ2) is 4.29. The maximum absolute atomic E-state index is 11.9. The molecule has 0 unspecified atom stereocenters. The molecule has 0 spiro atoms. The summed E-state index contributed by atoms with van der Waals surface area (Å²) in [5.74, 6) is -0.0826. The van der Waals surface area contributed by atoms with Gasteiger partial charge >= 0.3 is 0 Å². The van der Waals surface area contributed by atoms with Crippen LogP contribution < -0.4 is 5.32 Å². The summed E-state index contributed by atoms with van der Waals surface area (Å²) in [4.78, 5) is 13.5. The van der Waals surface area contributed by atoms with Gasteiger partial charge < -0.3 is 5.32 Å². The van der Waals surface area contributed by atoms with Gasteiger partial charge in [0.15, 0.2) is 5.11 Å². The Morgan fingerprint density at radius 3 is 2.76 bits per heavy atom. The lowest BCUT2D eigenvalue weighted by Crippen LogP contribution is -2.30. The molecule has 1 aliphatic rings. The van der Waals surface area contributed by atoms with E-state index in [9.17, 15) is 4.79 Å². The molecule has 2 rings (SSSR count). The highest BCUT2D eigenvalue weighted by molar-refractivity contribution is 7.80. The third-order valence-electron chi connectivity index (χ3n) is 2.63. The van der Waals surface area contributed by atoms with Crippen molar-refractivity contribution >= 4 is 29.3 Å². The van der Waals surface area contributed by atoms with E-state index in [4.69, 9.17) is 12.2 Å². The zero-order chi connectivity index (χ0) is 12.6. The molecular formula is C11H14N4OS. The standard InChI is InChI=1S/C11H14N4OS/c1-4-15-10(16)9(12-11(15)17)5-8-6-14(3)13-7(8)2/h5-6H,4H2,1-3H3,(H,12,17)/b9-5-. The van der Waals surface area contributed by atoms with Gasteiger partial charge in [0.1, 0.15) is 5.70 Å². The summed E-state index contributed by atoms with van der Waals surface area (Å²) >= 11 is 5.08. The summed E-state index contributed by atoms with van der Waals surface area (Å²) in [5.41, 5.74) is 2.31. The van der Waals surface area contributed by atoms with Crippen LogP contribution in [0.4, 0.5) is 0 Å². The zero-order valence-corrected chi connectivity index (χ0v) is 10.8. The molecule has 6 heteroatoms. The van der Waals surface area contributed by atoms with Crippen LogP contribution in [0.2, 0.25) is 0 Å². The number of nitrogens with zero attached hydrogens (tertiary/aromatic N) is 3. The van der Waals surface area contributed by atoms with Crippen molar-refractivity contribution < 1.29 is 4.79 Å². The molecule has 1 saturated heterocycles. The van der Waals surface area contributed by atoms with Crippen LogP contribution in [-0.4, -0.2) is 32.2 Å². The first kappa shape index (κ1) is 11.8. The number of thiocarbonyl (C=S) groups is 1. The molecule has 0 aromatic carbocycles. The summed E-state index contributed by atoms with van der Waals surface area (Å²) in [7, 11) is 1.85. The predicted octanol–water partition coefficient (Wildman–Crippen LogP) is 0.806. The van der Waals surface area contributed by atoms with E-state index in [0.29, 0.717) is 17.4 Å². The Balaban J connectivity index is 2.33. The minimum atomic E-state index is -0.0826. The van der Waals surface area contributed by atoms with Crippen LogP contribution in [0.15, 0.2) is 11.9 Å². The highest BCUT2D eigenvalue weighted by Gasteiger charge is 2.29. The van der Waals surface area contributed by atoms with E-state index in [0.717, 1.165) is 11.3 Å². The quantitative estimate of drug-likeness (QED) is 0.623. The van der Waals surface area contributed by atoms with Gasteiger partial charge in [0, 0.05) is 25.4 Å². The summed E-state index contributed by atoms with van der Waals surface area (Å²) in [5, 5.41) is 7.61.